The SMILES string of the molecule is COC1=C[C@H]2C[C@@H](C[Si](C(C)C)(C(C)C)C(C)C)[C@](C)(O2)C1=O. The molecule has 3 nitrogen and oxygen atoms in total. The van der Waals surface area contributed by atoms with Crippen molar-refractivity contribution in [2.24, 2.45) is 5.92 Å². The second-order valence-electron chi connectivity index (χ2n) is 8.54. The van der Waals surface area contributed by atoms with Gasteiger partial charge < -0.3 is 9.47 Å². The average molecular weight is 339 g/mol. The fourth-order valence-corrected chi connectivity index (χ4v) is 12.2. The molecule has 0 amide bonds. The number of Topliss-reactive ketones (excluding diaryl/α,β-unsaturated/α-hetero) is 1. The summed E-state index contributed by atoms with van der Waals surface area (Å²) in [7, 11) is 0.0281. The van der Waals surface area contributed by atoms with Gasteiger partial charge in [-0.3, -0.25) is 4.79 Å². The zero-order chi connectivity index (χ0) is 17.6. The molecule has 0 saturated carbocycles. The minimum atomic E-state index is -1.56. The molecule has 132 valence electrons. The van der Waals surface area contributed by atoms with E-state index >= 15 is 0 Å². The summed E-state index contributed by atoms with van der Waals surface area (Å²) in [5, 5.41) is 0. The normalized spacial score (nSPS) is 31.3. The molecule has 0 N–H and O–H groups in total. The largest absolute Gasteiger partial charge is 0.493 e. The van der Waals surface area contributed by atoms with Crippen molar-refractivity contribution in [2.75, 3.05) is 7.11 Å². The number of methoxy groups -OCH3 is 1. The van der Waals surface area contributed by atoms with Crippen LogP contribution >= 0.6 is 0 Å². The number of carbonyl (C=O) groups is 1. The predicted octanol–water partition coefficient (Wildman–Crippen LogP) is 4.94. The first-order chi connectivity index (χ1) is 10.6. The second-order valence-corrected chi connectivity index (χ2v) is 14.6. The van der Waals surface area contributed by atoms with E-state index in [4.69, 9.17) is 9.47 Å². The summed E-state index contributed by atoms with van der Waals surface area (Å²) >= 11 is 0. The summed E-state index contributed by atoms with van der Waals surface area (Å²) in [5.74, 6) is 0.845. The summed E-state index contributed by atoms with van der Waals surface area (Å²) in [5.41, 5.74) is 1.42. The van der Waals surface area contributed by atoms with Crippen LogP contribution in [0, 0.1) is 5.92 Å². The highest BCUT2D eigenvalue weighted by atomic mass is 28.3. The van der Waals surface area contributed by atoms with E-state index in [1.807, 2.05) is 13.0 Å². The molecule has 2 bridgehead atoms. The Morgan fingerprint density at radius 2 is 1.74 bits per heavy atom. The van der Waals surface area contributed by atoms with Gasteiger partial charge >= 0.3 is 0 Å². The molecule has 0 unspecified atom stereocenters. The minimum absolute atomic E-state index is 0.0378. The van der Waals surface area contributed by atoms with E-state index in [9.17, 15) is 4.79 Å². The van der Waals surface area contributed by atoms with Crippen LogP contribution in [0.3, 0.4) is 0 Å². The number of fused-ring (bicyclic) bond motifs is 2. The van der Waals surface area contributed by atoms with Gasteiger partial charge in [-0.05, 0) is 25.3 Å². The summed E-state index contributed by atoms with van der Waals surface area (Å²) in [4.78, 5) is 12.8. The van der Waals surface area contributed by atoms with E-state index in [1.54, 1.807) is 7.11 Å². The molecule has 0 radical (unpaired) electrons. The molecule has 23 heavy (non-hydrogen) atoms. The summed E-state index contributed by atoms with van der Waals surface area (Å²) < 4.78 is 11.5. The number of ether oxygens (including phenoxy) is 2. The molecule has 3 atom stereocenters. The molecule has 4 heteroatoms. The van der Waals surface area contributed by atoms with Gasteiger partial charge in [-0.25, -0.2) is 0 Å². The third kappa shape index (κ3) is 2.82. The van der Waals surface area contributed by atoms with Gasteiger partial charge in [-0.2, -0.15) is 0 Å². The maximum Gasteiger partial charge on any atom is 0.228 e. The van der Waals surface area contributed by atoms with Gasteiger partial charge in [0.1, 0.15) is 5.60 Å². The predicted molar refractivity (Wildman–Crippen MR) is 97.3 cm³/mol. The number of rotatable bonds is 6. The number of hydrogen-bond acceptors (Lipinski definition) is 3. The lowest BCUT2D eigenvalue weighted by Gasteiger charge is -2.46. The fourth-order valence-electron chi connectivity index (χ4n) is 5.37. The van der Waals surface area contributed by atoms with Crippen LogP contribution < -0.4 is 0 Å². The van der Waals surface area contributed by atoms with Gasteiger partial charge in [0.2, 0.25) is 5.78 Å². The average Bonchev–Trinajstić information content (AvgIpc) is 2.72. The molecule has 1 saturated heterocycles. The number of ketones is 1. The van der Waals surface area contributed by atoms with Gasteiger partial charge in [-0.1, -0.05) is 64.2 Å². The van der Waals surface area contributed by atoms with Crippen molar-refractivity contribution in [3.8, 4) is 0 Å². The molecule has 1 fully saturated rings. The quantitative estimate of drug-likeness (QED) is 0.643. The van der Waals surface area contributed by atoms with Gasteiger partial charge in [0.05, 0.1) is 21.3 Å². The Hall–Kier alpha value is -0.613. The molecule has 2 aliphatic rings. The van der Waals surface area contributed by atoms with E-state index in [2.05, 4.69) is 41.5 Å². The van der Waals surface area contributed by atoms with Crippen molar-refractivity contribution >= 4 is 13.9 Å². The lowest BCUT2D eigenvalue weighted by atomic mass is 9.87. The highest BCUT2D eigenvalue weighted by Crippen LogP contribution is 2.53. The van der Waals surface area contributed by atoms with Crippen LogP contribution in [0.1, 0.15) is 54.9 Å². The lowest BCUT2D eigenvalue weighted by molar-refractivity contribution is -0.144. The van der Waals surface area contributed by atoms with Crippen LogP contribution in [0.15, 0.2) is 11.8 Å². The van der Waals surface area contributed by atoms with Crippen molar-refractivity contribution in [3.05, 3.63) is 11.8 Å². The Labute approximate surface area is 142 Å². The van der Waals surface area contributed by atoms with Crippen molar-refractivity contribution < 1.29 is 14.3 Å². The molecular weight excluding hydrogens is 304 g/mol. The van der Waals surface area contributed by atoms with Crippen molar-refractivity contribution in [3.63, 3.8) is 0 Å². The zero-order valence-corrected chi connectivity index (χ0v) is 17.1. The van der Waals surface area contributed by atoms with E-state index in [0.717, 1.165) is 6.42 Å². The lowest BCUT2D eigenvalue weighted by Crippen LogP contribution is -2.51. The molecule has 0 aromatic heterocycles. The van der Waals surface area contributed by atoms with Crippen molar-refractivity contribution in [1.82, 2.24) is 0 Å². The first-order valence-corrected chi connectivity index (χ1v) is 11.5. The Bertz CT molecular complexity index is 473. The molecule has 0 aliphatic carbocycles. The summed E-state index contributed by atoms with van der Waals surface area (Å²) in [6, 6.07) is 1.17. The molecule has 0 aromatic carbocycles. The first-order valence-electron chi connectivity index (χ1n) is 9.08. The highest BCUT2D eigenvalue weighted by molar-refractivity contribution is 6.83. The maximum atomic E-state index is 12.8. The topological polar surface area (TPSA) is 35.5 Å². The van der Waals surface area contributed by atoms with Gasteiger partial charge in [-0.15, -0.1) is 0 Å². The fraction of sp³-hybridized carbons (Fsp3) is 0.842. The molecular formula is C19H34O3Si. The number of hydrogen-bond donors (Lipinski definition) is 0. The van der Waals surface area contributed by atoms with Crippen LogP contribution in [0.5, 0.6) is 0 Å². The molecule has 2 rings (SSSR count). The Morgan fingerprint density at radius 1 is 1.22 bits per heavy atom. The van der Waals surface area contributed by atoms with E-state index in [1.165, 1.54) is 6.04 Å². The third-order valence-corrected chi connectivity index (χ3v) is 14.4. The minimum Gasteiger partial charge on any atom is -0.493 e. The smallest absolute Gasteiger partial charge is 0.228 e. The summed E-state index contributed by atoms with van der Waals surface area (Å²) in [6.45, 7) is 16.3. The Balaban J connectivity index is 2.35. The Kier molecular flexibility index (Phi) is 5.18. The highest BCUT2D eigenvalue weighted by Gasteiger charge is 2.57. The van der Waals surface area contributed by atoms with E-state index < -0.39 is 13.7 Å². The van der Waals surface area contributed by atoms with E-state index in [0.29, 0.717) is 28.3 Å². The second kappa shape index (κ2) is 6.36. The van der Waals surface area contributed by atoms with Crippen LogP contribution in [-0.2, 0) is 14.3 Å². The van der Waals surface area contributed by atoms with E-state index in [-0.39, 0.29) is 11.9 Å². The van der Waals surface area contributed by atoms with Gasteiger partial charge in [0.25, 0.3) is 0 Å². The van der Waals surface area contributed by atoms with Crippen molar-refractivity contribution in [2.45, 2.75) is 89.3 Å². The molecule has 2 heterocycles. The maximum absolute atomic E-state index is 12.8. The van der Waals surface area contributed by atoms with Crippen LogP contribution in [0.25, 0.3) is 0 Å². The first kappa shape index (κ1) is 18.7. The van der Waals surface area contributed by atoms with Crippen LogP contribution in [0.2, 0.25) is 22.7 Å². The molecule has 0 spiro atoms. The molecule has 2 aliphatic heterocycles. The number of carbonyl (C=O) groups excluding carboxylic acids is 1. The summed E-state index contributed by atoms with van der Waals surface area (Å²) in [6.07, 6.45) is 2.87. The van der Waals surface area contributed by atoms with Crippen LogP contribution in [-0.4, -0.2) is 32.7 Å². The Morgan fingerprint density at radius 3 is 2.17 bits per heavy atom. The van der Waals surface area contributed by atoms with Crippen molar-refractivity contribution in [1.29, 1.82) is 0 Å². The van der Waals surface area contributed by atoms with Crippen LogP contribution in [0.4, 0.5) is 0 Å². The third-order valence-electron chi connectivity index (χ3n) is 6.75. The standard InChI is InChI=1S/C19H34O3Si/c1-12(2)23(13(3)4,14(5)6)11-15-9-16-10-17(21-8)18(20)19(15,7)22-16/h10,12-16H,9,11H2,1-8H3/t15-,16+,19-/m0/s1. The van der Waals surface area contributed by atoms with Gasteiger partial charge in [0.15, 0.2) is 5.76 Å². The molecule has 0 aromatic rings. The van der Waals surface area contributed by atoms with Gasteiger partial charge in [0, 0.05) is 0 Å². The zero-order valence-electron chi connectivity index (χ0n) is 16.1. The monoisotopic (exact) mass is 338 g/mol.